The number of rotatable bonds is 7. The van der Waals surface area contributed by atoms with Crippen molar-refractivity contribution in [1.29, 1.82) is 0 Å². The maximum Gasteiger partial charge on any atom is 0.225 e. The predicted molar refractivity (Wildman–Crippen MR) is 116 cm³/mol. The van der Waals surface area contributed by atoms with Crippen molar-refractivity contribution in [1.82, 2.24) is 19.5 Å². The van der Waals surface area contributed by atoms with Crippen molar-refractivity contribution < 1.29 is 13.9 Å². The Hall–Kier alpha value is -2.84. The molecule has 2 aromatic heterocycles. The molecule has 1 aromatic carbocycles. The number of imidazole rings is 1. The smallest absolute Gasteiger partial charge is 0.225 e. The van der Waals surface area contributed by atoms with Gasteiger partial charge < -0.3 is 19.4 Å². The third-order valence-electron chi connectivity index (χ3n) is 4.53. The van der Waals surface area contributed by atoms with Crippen LogP contribution in [0.5, 0.6) is 11.5 Å². The van der Waals surface area contributed by atoms with Crippen LogP contribution in [-0.2, 0) is 6.54 Å². The molecule has 4 rings (SSSR count). The molecule has 0 amide bonds. The molecule has 0 aliphatic heterocycles. The average Bonchev–Trinajstić information content (AvgIpc) is 3.22. The van der Waals surface area contributed by atoms with Gasteiger partial charge >= 0.3 is 0 Å². The Morgan fingerprint density at radius 1 is 1.27 bits per heavy atom. The number of methoxy groups -OCH3 is 1. The molecule has 1 N–H and O–H groups in total. The van der Waals surface area contributed by atoms with Crippen molar-refractivity contribution in [2.75, 3.05) is 19.0 Å². The van der Waals surface area contributed by atoms with Crippen LogP contribution in [-0.4, -0.2) is 44.4 Å². The van der Waals surface area contributed by atoms with Crippen LogP contribution in [0.4, 0.5) is 10.2 Å². The molecule has 2 heterocycles. The van der Waals surface area contributed by atoms with E-state index in [1.165, 1.54) is 12.4 Å². The van der Waals surface area contributed by atoms with E-state index in [1.54, 1.807) is 50.0 Å². The normalized spacial score (nSPS) is 20.0. The van der Waals surface area contributed by atoms with Crippen LogP contribution in [0.2, 0.25) is 0 Å². The van der Waals surface area contributed by atoms with Gasteiger partial charge in [0.15, 0.2) is 11.5 Å². The quantitative estimate of drug-likeness (QED) is 0.543. The zero-order valence-corrected chi connectivity index (χ0v) is 17.6. The molecule has 0 saturated carbocycles. The Bertz CT molecular complexity index is 1060. The number of alkyl halides is 2. The molecule has 0 radical (unpaired) electrons. The summed E-state index contributed by atoms with van der Waals surface area (Å²) >= 11 is 5.96. The van der Waals surface area contributed by atoms with Crippen LogP contribution in [0.15, 0.2) is 61.5 Å². The molecule has 1 aliphatic rings. The van der Waals surface area contributed by atoms with Gasteiger partial charge in [0.05, 0.1) is 31.5 Å². The third kappa shape index (κ3) is 4.66. The fraction of sp³-hybridized carbons (Fsp3) is 0.250. The van der Waals surface area contributed by atoms with E-state index in [0.29, 0.717) is 41.4 Å². The van der Waals surface area contributed by atoms with E-state index in [9.17, 15) is 4.39 Å². The fourth-order valence-electron chi connectivity index (χ4n) is 3.01. The highest BCUT2D eigenvalue weighted by atomic mass is 35.5. The highest BCUT2D eigenvalue weighted by molar-refractivity contribution is 6.25. The molecule has 0 fully saturated rings. The minimum Gasteiger partial charge on any atom is -0.493 e. The van der Waals surface area contributed by atoms with Gasteiger partial charge in [0.1, 0.15) is 18.8 Å². The summed E-state index contributed by atoms with van der Waals surface area (Å²) in [6.07, 6.45) is 12.9. The van der Waals surface area contributed by atoms with Gasteiger partial charge in [-0.3, -0.25) is 0 Å². The number of nitrogens with one attached hydrogen (secondary N) is 1. The molecule has 0 saturated heterocycles. The Balaban J connectivity index is 0.00000256. The summed E-state index contributed by atoms with van der Waals surface area (Å²) in [7, 11) is 1.56. The molecule has 0 spiro atoms. The maximum absolute atomic E-state index is 14.6. The Labute approximate surface area is 184 Å². The van der Waals surface area contributed by atoms with Crippen LogP contribution in [0.1, 0.15) is 0 Å². The summed E-state index contributed by atoms with van der Waals surface area (Å²) in [4.78, 5) is 12.6. The molecular weight excluding hydrogens is 432 g/mol. The maximum atomic E-state index is 14.6. The minimum atomic E-state index is -2.05. The number of halogens is 3. The lowest BCUT2D eigenvalue weighted by molar-refractivity contribution is 0.280. The van der Waals surface area contributed by atoms with Crippen molar-refractivity contribution in [2.45, 2.75) is 17.7 Å². The summed E-state index contributed by atoms with van der Waals surface area (Å²) in [5, 5.41) is 1.66. The summed E-state index contributed by atoms with van der Waals surface area (Å²) in [5.41, 5.74) is 0.635. The van der Waals surface area contributed by atoms with Gasteiger partial charge in [0.25, 0.3) is 0 Å². The van der Waals surface area contributed by atoms with E-state index in [2.05, 4.69) is 20.3 Å². The van der Waals surface area contributed by atoms with Crippen LogP contribution < -0.4 is 14.8 Å². The Morgan fingerprint density at radius 3 is 2.87 bits per heavy atom. The molecular formula is C20H20Cl2FN5O2. The predicted octanol–water partition coefficient (Wildman–Crippen LogP) is 4.15. The van der Waals surface area contributed by atoms with Gasteiger partial charge in [-0.05, 0) is 12.1 Å². The van der Waals surface area contributed by atoms with Gasteiger partial charge in [-0.2, -0.15) is 0 Å². The lowest BCUT2D eigenvalue weighted by atomic mass is 10.1. The van der Waals surface area contributed by atoms with Crippen LogP contribution in [0.25, 0.3) is 10.9 Å². The zero-order valence-electron chi connectivity index (χ0n) is 16.0. The van der Waals surface area contributed by atoms with Crippen LogP contribution in [0.3, 0.4) is 0 Å². The number of nitrogens with zero attached hydrogens (tertiary/aromatic N) is 4. The molecule has 1 aliphatic carbocycles. The highest BCUT2D eigenvalue weighted by Gasteiger charge is 2.34. The first-order chi connectivity index (χ1) is 14.1. The molecule has 0 bridgehead atoms. The first kappa shape index (κ1) is 21.9. The molecule has 158 valence electrons. The van der Waals surface area contributed by atoms with Crippen molar-refractivity contribution in [3.63, 3.8) is 0 Å². The molecule has 2 atom stereocenters. The van der Waals surface area contributed by atoms with E-state index in [1.807, 2.05) is 10.8 Å². The molecule has 10 heteroatoms. The van der Waals surface area contributed by atoms with Gasteiger partial charge in [-0.1, -0.05) is 29.8 Å². The van der Waals surface area contributed by atoms with Crippen LogP contribution in [0, 0.1) is 0 Å². The van der Waals surface area contributed by atoms with Crippen molar-refractivity contribution >= 4 is 40.7 Å². The first-order valence-corrected chi connectivity index (χ1v) is 9.36. The van der Waals surface area contributed by atoms with Crippen molar-refractivity contribution in [3.05, 3.63) is 61.5 Å². The van der Waals surface area contributed by atoms with Gasteiger partial charge in [0.2, 0.25) is 5.13 Å². The number of ether oxygens (including phenoxy) is 2. The second kappa shape index (κ2) is 9.32. The lowest BCUT2D eigenvalue weighted by Crippen LogP contribution is -2.37. The summed E-state index contributed by atoms with van der Waals surface area (Å²) in [6.45, 7) is 1.08. The van der Waals surface area contributed by atoms with E-state index >= 15 is 0 Å². The first-order valence-electron chi connectivity index (χ1n) is 8.98. The second-order valence-corrected chi connectivity index (χ2v) is 7.01. The van der Waals surface area contributed by atoms with Gasteiger partial charge in [-0.25, -0.2) is 19.3 Å². The lowest BCUT2D eigenvalue weighted by Gasteiger charge is -2.26. The molecule has 7 nitrogen and oxygen atoms in total. The Morgan fingerprint density at radius 2 is 2.13 bits per heavy atom. The monoisotopic (exact) mass is 451 g/mol. The molecule has 3 aromatic rings. The van der Waals surface area contributed by atoms with Crippen LogP contribution >= 0.6 is 24.0 Å². The number of aromatic nitrogens is 4. The number of fused-ring (bicyclic) bond motifs is 1. The standard InChI is InChI=1S/C20H19ClFN5O2.ClH/c1-28-16-10-14-15(11-17(16)29-9-8-27-7-6-23-13-27)24-12-25-19(14)26-18-4-2-3-5-20(18,21)22;/h2-7,10-13,18H,8-9H2,1H3,(H,24,25,26);1H. The summed E-state index contributed by atoms with van der Waals surface area (Å²) in [6, 6.07) is 2.76. The van der Waals surface area contributed by atoms with Crippen molar-refractivity contribution in [3.8, 4) is 11.5 Å². The van der Waals surface area contributed by atoms with E-state index in [4.69, 9.17) is 21.1 Å². The molecule has 2 unspecified atom stereocenters. The largest absolute Gasteiger partial charge is 0.493 e. The van der Waals surface area contributed by atoms with Gasteiger partial charge in [0, 0.05) is 23.8 Å². The number of benzene rings is 1. The van der Waals surface area contributed by atoms with E-state index in [0.717, 1.165) is 0 Å². The summed E-state index contributed by atoms with van der Waals surface area (Å²) in [5.74, 6) is 1.53. The Kier molecular flexibility index (Phi) is 6.79. The fourth-order valence-corrected chi connectivity index (χ4v) is 3.21. The minimum absolute atomic E-state index is 0. The SMILES string of the molecule is COc1cc2c(NC3C=CC=CC3(F)Cl)ncnc2cc1OCCn1ccnc1.Cl. The topological polar surface area (TPSA) is 74.1 Å². The van der Waals surface area contributed by atoms with Gasteiger partial charge in [-0.15, -0.1) is 12.4 Å². The molecule has 30 heavy (non-hydrogen) atoms. The van der Waals surface area contributed by atoms with Crippen molar-refractivity contribution in [2.24, 2.45) is 0 Å². The van der Waals surface area contributed by atoms with E-state index < -0.39 is 11.2 Å². The number of hydrogen-bond acceptors (Lipinski definition) is 6. The summed E-state index contributed by atoms with van der Waals surface area (Å²) < 4.78 is 27.8. The number of hydrogen-bond donors (Lipinski definition) is 1. The highest BCUT2D eigenvalue weighted by Crippen LogP contribution is 2.36. The average molecular weight is 452 g/mol. The number of allylic oxidation sites excluding steroid dienone is 2. The zero-order chi connectivity index (χ0) is 20.3. The third-order valence-corrected chi connectivity index (χ3v) is 4.89. The van der Waals surface area contributed by atoms with E-state index in [-0.39, 0.29) is 12.4 Å². The second-order valence-electron chi connectivity index (χ2n) is 6.43. The number of anilines is 1.